The van der Waals surface area contributed by atoms with E-state index in [0.29, 0.717) is 19.0 Å². The minimum atomic E-state index is -4.08. The summed E-state index contributed by atoms with van der Waals surface area (Å²) in [5, 5.41) is 5.12. The van der Waals surface area contributed by atoms with Gasteiger partial charge >= 0.3 is 0 Å². The highest BCUT2D eigenvalue weighted by Gasteiger charge is 2.31. The van der Waals surface area contributed by atoms with Gasteiger partial charge in [0, 0.05) is 13.1 Å². The monoisotopic (exact) mass is 332 g/mol. The van der Waals surface area contributed by atoms with E-state index < -0.39 is 20.0 Å². The Hall–Kier alpha value is -0.960. The molecular weight excluding hydrogens is 312 g/mol. The maximum atomic E-state index is 12.7. The summed E-state index contributed by atoms with van der Waals surface area (Å²) in [6.07, 6.45) is 3.15. The van der Waals surface area contributed by atoms with Crippen LogP contribution in [0.5, 0.6) is 0 Å². The average molecular weight is 332 g/mol. The van der Waals surface area contributed by atoms with Crippen LogP contribution in [0, 0.1) is 5.92 Å². The SMILES string of the molecule is CCN(CC1CCC1)S(=O)(=O)c1ccccc1S(N)(=O)=O. The van der Waals surface area contributed by atoms with Crippen LogP contribution in [-0.2, 0) is 20.0 Å². The molecular formula is C13H20N2O4S2. The number of rotatable bonds is 6. The first-order valence-electron chi connectivity index (χ1n) is 6.88. The number of hydrogen-bond acceptors (Lipinski definition) is 4. The Labute approximate surface area is 126 Å². The molecule has 1 aromatic rings. The molecule has 0 heterocycles. The van der Waals surface area contributed by atoms with E-state index in [1.165, 1.54) is 28.6 Å². The summed E-state index contributed by atoms with van der Waals surface area (Å²) in [5.41, 5.74) is 0. The maximum absolute atomic E-state index is 12.7. The standard InChI is InChI=1S/C13H20N2O4S2/c1-2-15(10-11-6-5-7-11)21(18,19)13-9-4-3-8-12(13)20(14,16)17/h3-4,8-9,11H,2,5-7,10H2,1H3,(H2,14,16,17). The lowest BCUT2D eigenvalue weighted by atomic mass is 9.85. The summed E-state index contributed by atoms with van der Waals surface area (Å²) < 4.78 is 50.0. The van der Waals surface area contributed by atoms with Crippen molar-refractivity contribution >= 4 is 20.0 Å². The largest absolute Gasteiger partial charge is 0.244 e. The van der Waals surface area contributed by atoms with Crippen molar-refractivity contribution in [3.63, 3.8) is 0 Å². The lowest BCUT2D eigenvalue weighted by Gasteiger charge is -2.31. The molecule has 0 amide bonds. The Bertz CT molecular complexity index is 709. The van der Waals surface area contributed by atoms with Gasteiger partial charge in [-0.25, -0.2) is 22.0 Å². The van der Waals surface area contributed by atoms with Gasteiger partial charge in [-0.15, -0.1) is 0 Å². The second-order valence-electron chi connectivity index (χ2n) is 5.24. The number of primary sulfonamides is 1. The highest BCUT2D eigenvalue weighted by atomic mass is 32.2. The summed E-state index contributed by atoms with van der Waals surface area (Å²) >= 11 is 0. The molecule has 2 rings (SSSR count). The zero-order valence-electron chi connectivity index (χ0n) is 11.9. The Morgan fingerprint density at radius 1 is 1.14 bits per heavy atom. The molecule has 1 aromatic carbocycles. The van der Waals surface area contributed by atoms with Gasteiger partial charge in [-0.2, -0.15) is 4.31 Å². The third-order valence-corrected chi connectivity index (χ3v) is 6.91. The van der Waals surface area contributed by atoms with Gasteiger partial charge in [0.05, 0.1) is 0 Å². The predicted octanol–water partition coefficient (Wildman–Crippen LogP) is 1.14. The van der Waals surface area contributed by atoms with Crippen LogP contribution in [0.1, 0.15) is 26.2 Å². The van der Waals surface area contributed by atoms with Crippen molar-refractivity contribution in [3.05, 3.63) is 24.3 Å². The van der Waals surface area contributed by atoms with E-state index >= 15 is 0 Å². The van der Waals surface area contributed by atoms with Crippen LogP contribution in [0.4, 0.5) is 0 Å². The Morgan fingerprint density at radius 3 is 2.14 bits per heavy atom. The van der Waals surface area contributed by atoms with Crippen LogP contribution in [0.25, 0.3) is 0 Å². The lowest BCUT2D eigenvalue weighted by molar-refractivity contribution is 0.249. The van der Waals surface area contributed by atoms with Crippen LogP contribution >= 0.6 is 0 Å². The fourth-order valence-corrected chi connectivity index (χ4v) is 5.28. The molecule has 0 spiro atoms. The van der Waals surface area contributed by atoms with Crippen molar-refractivity contribution < 1.29 is 16.8 Å². The summed E-state index contributed by atoms with van der Waals surface area (Å²) in [7, 11) is -7.95. The minimum absolute atomic E-state index is 0.242. The van der Waals surface area contributed by atoms with Crippen molar-refractivity contribution in [2.24, 2.45) is 11.1 Å². The first-order valence-corrected chi connectivity index (χ1v) is 9.87. The van der Waals surface area contributed by atoms with Crippen molar-refractivity contribution in [2.75, 3.05) is 13.1 Å². The summed E-state index contributed by atoms with van der Waals surface area (Å²) in [5.74, 6) is 0.362. The third kappa shape index (κ3) is 3.45. The Balaban J connectivity index is 2.43. The molecule has 0 bridgehead atoms. The minimum Gasteiger partial charge on any atom is -0.225 e. The number of sulfonamides is 2. The van der Waals surface area contributed by atoms with Crippen LogP contribution in [0.3, 0.4) is 0 Å². The normalized spacial score (nSPS) is 16.9. The van der Waals surface area contributed by atoms with Gasteiger partial charge in [0.1, 0.15) is 9.79 Å². The van der Waals surface area contributed by atoms with Crippen molar-refractivity contribution in [3.8, 4) is 0 Å². The van der Waals surface area contributed by atoms with Gasteiger partial charge in [-0.3, -0.25) is 0 Å². The maximum Gasteiger partial charge on any atom is 0.244 e. The molecule has 1 saturated carbocycles. The summed E-state index contributed by atoms with van der Waals surface area (Å²) in [6.45, 7) is 2.48. The van der Waals surface area contributed by atoms with Gasteiger partial charge < -0.3 is 0 Å². The highest BCUT2D eigenvalue weighted by molar-refractivity contribution is 7.92. The molecule has 0 saturated heterocycles. The van der Waals surface area contributed by atoms with Crippen LogP contribution in [-0.4, -0.2) is 34.2 Å². The number of nitrogens with two attached hydrogens (primary N) is 1. The van der Waals surface area contributed by atoms with E-state index in [-0.39, 0.29) is 9.79 Å². The Kier molecular flexibility index (Phi) is 4.72. The summed E-state index contributed by atoms with van der Waals surface area (Å²) in [6, 6.07) is 5.47. The van der Waals surface area contributed by atoms with E-state index in [9.17, 15) is 16.8 Å². The lowest BCUT2D eigenvalue weighted by Crippen LogP contribution is -2.38. The smallest absolute Gasteiger partial charge is 0.225 e. The van der Waals surface area contributed by atoms with Gasteiger partial charge in [-0.1, -0.05) is 25.5 Å². The molecule has 0 atom stereocenters. The zero-order chi connectivity index (χ0) is 15.7. The quantitative estimate of drug-likeness (QED) is 0.845. The van der Waals surface area contributed by atoms with Crippen molar-refractivity contribution in [1.82, 2.24) is 4.31 Å². The second kappa shape index (κ2) is 6.04. The number of hydrogen-bond donors (Lipinski definition) is 1. The summed E-state index contributed by atoms with van der Waals surface area (Å²) in [4.78, 5) is -0.592. The van der Waals surface area contributed by atoms with Crippen molar-refractivity contribution in [1.29, 1.82) is 0 Å². The molecule has 0 aromatic heterocycles. The molecule has 1 aliphatic rings. The van der Waals surface area contributed by atoms with Gasteiger partial charge in [0.2, 0.25) is 20.0 Å². The third-order valence-electron chi connectivity index (χ3n) is 3.81. The molecule has 0 aliphatic heterocycles. The number of benzene rings is 1. The molecule has 6 nitrogen and oxygen atoms in total. The molecule has 0 unspecified atom stereocenters. The molecule has 21 heavy (non-hydrogen) atoms. The predicted molar refractivity (Wildman–Crippen MR) is 79.6 cm³/mol. The molecule has 2 N–H and O–H groups in total. The average Bonchev–Trinajstić information content (AvgIpc) is 2.36. The van der Waals surface area contributed by atoms with Gasteiger partial charge in [0.15, 0.2) is 0 Å². The topological polar surface area (TPSA) is 97.5 Å². The fraction of sp³-hybridized carbons (Fsp3) is 0.538. The van der Waals surface area contributed by atoms with Gasteiger partial charge in [0.25, 0.3) is 0 Å². The van der Waals surface area contributed by atoms with E-state index in [1.807, 2.05) is 0 Å². The molecule has 0 radical (unpaired) electrons. The first-order chi connectivity index (χ1) is 9.76. The van der Waals surface area contributed by atoms with Crippen LogP contribution < -0.4 is 5.14 Å². The van der Waals surface area contributed by atoms with Crippen LogP contribution in [0.2, 0.25) is 0 Å². The van der Waals surface area contributed by atoms with Crippen LogP contribution in [0.15, 0.2) is 34.1 Å². The Morgan fingerprint density at radius 2 is 1.71 bits per heavy atom. The number of nitrogens with zero attached hydrogens (tertiary/aromatic N) is 1. The first kappa shape index (κ1) is 16.4. The van der Waals surface area contributed by atoms with Crippen molar-refractivity contribution in [2.45, 2.75) is 36.0 Å². The highest BCUT2D eigenvalue weighted by Crippen LogP contribution is 2.30. The molecule has 1 aliphatic carbocycles. The van der Waals surface area contributed by atoms with E-state index in [4.69, 9.17) is 5.14 Å². The fourth-order valence-electron chi connectivity index (χ4n) is 2.40. The van der Waals surface area contributed by atoms with E-state index in [2.05, 4.69) is 0 Å². The van der Waals surface area contributed by atoms with Gasteiger partial charge in [-0.05, 0) is 30.9 Å². The molecule has 1 fully saturated rings. The molecule has 8 heteroatoms. The second-order valence-corrected chi connectivity index (χ2v) is 8.68. The van der Waals surface area contributed by atoms with E-state index in [1.54, 1.807) is 6.92 Å². The molecule has 118 valence electrons. The van der Waals surface area contributed by atoms with E-state index in [0.717, 1.165) is 19.3 Å². The zero-order valence-corrected chi connectivity index (χ0v) is 13.5.